The van der Waals surface area contributed by atoms with Crippen molar-refractivity contribution in [2.75, 3.05) is 0 Å². The van der Waals surface area contributed by atoms with Crippen LogP contribution >= 0.6 is 0 Å². The fourth-order valence-corrected chi connectivity index (χ4v) is 1.62. The predicted octanol–water partition coefficient (Wildman–Crippen LogP) is 2.50. The molecule has 0 N–H and O–H groups in total. The number of nitrogens with zero attached hydrogens (tertiary/aromatic N) is 4. The lowest BCUT2D eigenvalue weighted by Gasteiger charge is -1.96. The van der Waals surface area contributed by atoms with Crippen molar-refractivity contribution in [1.29, 1.82) is 0 Å². The zero-order valence-electron chi connectivity index (χ0n) is 9.74. The normalized spacial score (nSPS) is 10.5. The fourth-order valence-electron chi connectivity index (χ4n) is 1.62. The molecule has 0 aliphatic rings. The van der Waals surface area contributed by atoms with Gasteiger partial charge in [0.25, 0.3) is 5.89 Å². The zero-order valence-corrected chi connectivity index (χ0v) is 9.74. The first-order valence-corrected chi connectivity index (χ1v) is 5.51. The predicted molar refractivity (Wildman–Crippen MR) is 65.5 cm³/mol. The average Bonchev–Trinajstić information content (AvgIpc) is 2.90. The van der Waals surface area contributed by atoms with Crippen LogP contribution in [0, 0.1) is 6.92 Å². The SMILES string of the molecule is Cc1ccncc1-c1nc(-c2ccccn2)no1. The maximum atomic E-state index is 5.24. The van der Waals surface area contributed by atoms with Gasteiger partial charge in [-0.25, -0.2) is 0 Å². The van der Waals surface area contributed by atoms with Crippen molar-refractivity contribution in [3.63, 3.8) is 0 Å². The number of hydrogen-bond donors (Lipinski definition) is 0. The van der Waals surface area contributed by atoms with Crippen molar-refractivity contribution >= 4 is 0 Å². The average molecular weight is 238 g/mol. The van der Waals surface area contributed by atoms with E-state index < -0.39 is 0 Å². The van der Waals surface area contributed by atoms with Gasteiger partial charge < -0.3 is 4.52 Å². The molecule has 3 heterocycles. The van der Waals surface area contributed by atoms with Crippen LogP contribution in [0.4, 0.5) is 0 Å². The fraction of sp³-hybridized carbons (Fsp3) is 0.0769. The summed E-state index contributed by atoms with van der Waals surface area (Å²) in [4.78, 5) is 12.6. The quantitative estimate of drug-likeness (QED) is 0.686. The third kappa shape index (κ3) is 1.86. The second-order valence-corrected chi connectivity index (χ2v) is 3.83. The van der Waals surface area contributed by atoms with Gasteiger partial charge in [0.2, 0.25) is 5.82 Å². The summed E-state index contributed by atoms with van der Waals surface area (Å²) in [6, 6.07) is 7.47. The highest BCUT2D eigenvalue weighted by molar-refractivity contribution is 5.59. The third-order valence-corrected chi connectivity index (χ3v) is 2.59. The van der Waals surface area contributed by atoms with Crippen molar-refractivity contribution in [2.45, 2.75) is 6.92 Å². The Hall–Kier alpha value is -2.56. The van der Waals surface area contributed by atoms with E-state index in [9.17, 15) is 0 Å². The highest BCUT2D eigenvalue weighted by Crippen LogP contribution is 2.22. The first-order valence-electron chi connectivity index (χ1n) is 5.51. The summed E-state index contributed by atoms with van der Waals surface area (Å²) >= 11 is 0. The minimum Gasteiger partial charge on any atom is -0.333 e. The number of pyridine rings is 2. The second kappa shape index (κ2) is 4.37. The summed E-state index contributed by atoms with van der Waals surface area (Å²) < 4.78 is 5.24. The second-order valence-electron chi connectivity index (χ2n) is 3.83. The van der Waals surface area contributed by atoms with E-state index in [1.807, 2.05) is 31.2 Å². The molecule has 3 rings (SSSR count). The summed E-state index contributed by atoms with van der Waals surface area (Å²) in [5, 5.41) is 3.93. The Labute approximate surface area is 104 Å². The van der Waals surface area contributed by atoms with Crippen molar-refractivity contribution in [1.82, 2.24) is 20.1 Å². The van der Waals surface area contributed by atoms with Crippen LogP contribution in [0.25, 0.3) is 23.0 Å². The van der Waals surface area contributed by atoms with E-state index in [1.54, 1.807) is 18.6 Å². The van der Waals surface area contributed by atoms with Crippen LogP contribution in [0.1, 0.15) is 5.56 Å². The van der Waals surface area contributed by atoms with Crippen molar-refractivity contribution in [3.8, 4) is 23.0 Å². The van der Waals surface area contributed by atoms with E-state index in [4.69, 9.17) is 4.52 Å². The molecule has 0 saturated carbocycles. The summed E-state index contributed by atoms with van der Waals surface area (Å²) in [5.74, 6) is 0.940. The minimum absolute atomic E-state index is 0.459. The maximum Gasteiger partial charge on any atom is 0.260 e. The molecular formula is C13H10N4O. The summed E-state index contributed by atoms with van der Waals surface area (Å²) in [7, 11) is 0. The maximum absolute atomic E-state index is 5.24. The van der Waals surface area contributed by atoms with E-state index in [1.165, 1.54) is 0 Å². The highest BCUT2D eigenvalue weighted by Gasteiger charge is 2.12. The molecule has 0 unspecified atom stereocenters. The molecule has 18 heavy (non-hydrogen) atoms. The molecule has 0 radical (unpaired) electrons. The van der Waals surface area contributed by atoms with Gasteiger partial charge in [-0.1, -0.05) is 11.2 Å². The molecule has 0 amide bonds. The lowest BCUT2D eigenvalue weighted by atomic mass is 10.2. The van der Waals surface area contributed by atoms with E-state index in [-0.39, 0.29) is 0 Å². The van der Waals surface area contributed by atoms with Gasteiger partial charge in [0.1, 0.15) is 5.69 Å². The van der Waals surface area contributed by atoms with Crippen molar-refractivity contribution in [2.24, 2.45) is 0 Å². The monoisotopic (exact) mass is 238 g/mol. The summed E-state index contributed by atoms with van der Waals surface area (Å²) in [6.07, 6.45) is 5.14. The molecule has 0 atom stereocenters. The Kier molecular flexibility index (Phi) is 2.57. The number of aryl methyl sites for hydroxylation is 1. The van der Waals surface area contributed by atoms with Crippen molar-refractivity contribution < 1.29 is 4.52 Å². The van der Waals surface area contributed by atoms with Crippen LogP contribution in [-0.2, 0) is 0 Å². The Balaban J connectivity index is 2.03. The van der Waals surface area contributed by atoms with Crippen LogP contribution in [0.15, 0.2) is 47.4 Å². The third-order valence-electron chi connectivity index (χ3n) is 2.59. The first kappa shape index (κ1) is 10.6. The Morgan fingerprint density at radius 1 is 1.11 bits per heavy atom. The standard InChI is InChI=1S/C13H10N4O/c1-9-5-7-14-8-10(9)13-16-12(17-18-13)11-4-2-3-6-15-11/h2-8H,1H3. The van der Waals surface area contributed by atoms with Crippen LogP contribution in [0.5, 0.6) is 0 Å². The Morgan fingerprint density at radius 2 is 2.06 bits per heavy atom. The number of aromatic nitrogens is 4. The molecule has 0 aliphatic heterocycles. The van der Waals surface area contributed by atoms with Gasteiger partial charge in [-0.05, 0) is 30.7 Å². The molecule has 3 aromatic rings. The molecule has 0 spiro atoms. The van der Waals surface area contributed by atoms with Gasteiger partial charge in [0.05, 0.1) is 5.56 Å². The molecule has 0 aliphatic carbocycles. The van der Waals surface area contributed by atoms with Gasteiger partial charge in [0, 0.05) is 18.6 Å². The van der Waals surface area contributed by atoms with Gasteiger partial charge in [0.15, 0.2) is 0 Å². The van der Waals surface area contributed by atoms with Gasteiger partial charge in [-0.15, -0.1) is 0 Å². The summed E-state index contributed by atoms with van der Waals surface area (Å²) in [5.41, 5.74) is 2.57. The van der Waals surface area contributed by atoms with Crippen LogP contribution < -0.4 is 0 Å². The van der Waals surface area contributed by atoms with E-state index in [2.05, 4.69) is 20.1 Å². The smallest absolute Gasteiger partial charge is 0.260 e. The van der Waals surface area contributed by atoms with Crippen molar-refractivity contribution in [3.05, 3.63) is 48.4 Å². The minimum atomic E-state index is 0.459. The van der Waals surface area contributed by atoms with Crippen LogP contribution in [-0.4, -0.2) is 20.1 Å². The zero-order chi connectivity index (χ0) is 12.4. The first-order chi connectivity index (χ1) is 8.84. The molecule has 5 nitrogen and oxygen atoms in total. The van der Waals surface area contributed by atoms with Gasteiger partial charge >= 0.3 is 0 Å². The van der Waals surface area contributed by atoms with Gasteiger partial charge in [-0.3, -0.25) is 9.97 Å². The Morgan fingerprint density at radius 3 is 2.83 bits per heavy atom. The molecule has 0 aromatic carbocycles. The van der Waals surface area contributed by atoms with Crippen LogP contribution in [0.2, 0.25) is 0 Å². The molecule has 5 heteroatoms. The molecule has 0 fully saturated rings. The molecular weight excluding hydrogens is 228 g/mol. The van der Waals surface area contributed by atoms with E-state index >= 15 is 0 Å². The lowest BCUT2D eigenvalue weighted by Crippen LogP contribution is -1.86. The topological polar surface area (TPSA) is 64.7 Å². The van der Waals surface area contributed by atoms with E-state index in [0.717, 1.165) is 11.1 Å². The molecule has 3 aromatic heterocycles. The Bertz CT molecular complexity index is 664. The largest absolute Gasteiger partial charge is 0.333 e. The van der Waals surface area contributed by atoms with Gasteiger partial charge in [-0.2, -0.15) is 4.98 Å². The van der Waals surface area contributed by atoms with E-state index in [0.29, 0.717) is 17.4 Å². The molecule has 0 bridgehead atoms. The highest BCUT2D eigenvalue weighted by atomic mass is 16.5. The molecule has 0 saturated heterocycles. The lowest BCUT2D eigenvalue weighted by molar-refractivity contribution is 0.431. The number of hydrogen-bond acceptors (Lipinski definition) is 5. The summed E-state index contributed by atoms with van der Waals surface area (Å²) in [6.45, 7) is 1.97. The van der Waals surface area contributed by atoms with Crippen LogP contribution in [0.3, 0.4) is 0 Å². The molecule has 88 valence electrons. The number of rotatable bonds is 2.